The van der Waals surface area contributed by atoms with Gasteiger partial charge in [0.1, 0.15) is 0 Å². The summed E-state index contributed by atoms with van der Waals surface area (Å²) in [5.74, 6) is 0.740. The van der Waals surface area contributed by atoms with Crippen LogP contribution in [0.1, 0.15) is 44.2 Å². The van der Waals surface area contributed by atoms with Gasteiger partial charge in [-0.3, -0.25) is 9.59 Å². The number of nitrogens with one attached hydrogen (secondary N) is 1. The Bertz CT molecular complexity index is 531. The third-order valence-electron chi connectivity index (χ3n) is 4.76. The molecule has 0 radical (unpaired) electrons. The number of hydrogen-bond donors (Lipinski definition) is 1. The Balaban J connectivity index is 1.48. The van der Waals surface area contributed by atoms with Crippen molar-refractivity contribution in [3.63, 3.8) is 0 Å². The van der Waals surface area contributed by atoms with E-state index in [0.29, 0.717) is 5.91 Å². The van der Waals surface area contributed by atoms with Crippen LogP contribution in [0.4, 0.5) is 0 Å². The SMILES string of the molecule is CC(NC(=O)C1CCN(C(=O)C2CC2)CC1)c1ccccc1. The highest BCUT2D eigenvalue weighted by molar-refractivity contribution is 5.82. The van der Waals surface area contributed by atoms with Crippen LogP contribution in [0.2, 0.25) is 0 Å². The van der Waals surface area contributed by atoms with Crippen LogP contribution >= 0.6 is 0 Å². The third kappa shape index (κ3) is 3.49. The van der Waals surface area contributed by atoms with Gasteiger partial charge in [0.15, 0.2) is 0 Å². The number of rotatable bonds is 4. The zero-order chi connectivity index (χ0) is 15.5. The second-order valence-electron chi connectivity index (χ2n) is 6.51. The Hall–Kier alpha value is -1.84. The first-order valence-corrected chi connectivity index (χ1v) is 8.29. The number of nitrogens with zero attached hydrogens (tertiary/aromatic N) is 1. The van der Waals surface area contributed by atoms with E-state index in [9.17, 15) is 9.59 Å². The summed E-state index contributed by atoms with van der Waals surface area (Å²) in [6.45, 7) is 3.47. The Kier molecular flexibility index (Phi) is 4.46. The number of likely N-dealkylation sites (tertiary alicyclic amines) is 1. The van der Waals surface area contributed by atoms with Gasteiger partial charge in [0.05, 0.1) is 6.04 Å². The zero-order valence-electron chi connectivity index (χ0n) is 13.1. The molecule has 4 nitrogen and oxygen atoms in total. The van der Waals surface area contributed by atoms with Gasteiger partial charge in [-0.2, -0.15) is 0 Å². The number of carbonyl (C=O) groups excluding carboxylic acids is 2. The van der Waals surface area contributed by atoms with Crippen molar-refractivity contribution in [2.24, 2.45) is 11.8 Å². The van der Waals surface area contributed by atoms with E-state index in [4.69, 9.17) is 0 Å². The van der Waals surface area contributed by atoms with Crippen LogP contribution in [0.5, 0.6) is 0 Å². The van der Waals surface area contributed by atoms with Crippen LogP contribution in [0.25, 0.3) is 0 Å². The minimum Gasteiger partial charge on any atom is -0.349 e. The molecule has 1 aromatic rings. The van der Waals surface area contributed by atoms with Gasteiger partial charge < -0.3 is 10.2 Å². The minimum absolute atomic E-state index is 0.0276. The molecule has 1 aliphatic heterocycles. The topological polar surface area (TPSA) is 49.4 Å². The highest BCUT2D eigenvalue weighted by atomic mass is 16.2. The van der Waals surface area contributed by atoms with Crippen molar-refractivity contribution in [1.29, 1.82) is 0 Å². The smallest absolute Gasteiger partial charge is 0.225 e. The van der Waals surface area contributed by atoms with Gasteiger partial charge in [0, 0.05) is 24.9 Å². The van der Waals surface area contributed by atoms with E-state index in [0.717, 1.165) is 44.3 Å². The van der Waals surface area contributed by atoms with Gasteiger partial charge in [-0.1, -0.05) is 30.3 Å². The second kappa shape index (κ2) is 6.51. The lowest BCUT2D eigenvalue weighted by Gasteiger charge is -2.32. The first kappa shape index (κ1) is 15.1. The molecule has 0 aromatic heterocycles. The van der Waals surface area contributed by atoms with Crippen molar-refractivity contribution >= 4 is 11.8 Å². The first-order chi connectivity index (χ1) is 10.6. The van der Waals surface area contributed by atoms with Crippen LogP contribution in [-0.4, -0.2) is 29.8 Å². The van der Waals surface area contributed by atoms with Gasteiger partial charge in [-0.05, 0) is 38.2 Å². The van der Waals surface area contributed by atoms with Crippen LogP contribution in [-0.2, 0) is 9.59 Å². The van der Waals surface area contributed by atoms with Crippen molar-refractivity contribution < 1.29 is 9.59 Å². The number of benzene rings is 1. The van der Waals surface area contributed by atoms with Crippen LogP contribution < -0.4 is 5.32 Å². The summed E-state index contributed by atoms with van der Waals surface area (Å²) in [7, 11) is 0. The molecule has 118 valence electrons. The standard InChI is InChI=1S/C18H24N2O2/c1-13(14-5-3-2-4-6-14)19-17(21)15-9-11-20(12-10-15)18(22)16-7-8-16/h2-6,13,15-16H,7-12H2,1H3,(H,19,21). The molecule has 1 saturated carbocycles. The van der Waals surface area contributed by atoms with Gasteiger partial charge in [0.25, 0.3) is 0 Å². The van der Waals surface area contributed by atoms with Crippen LogP contribution in [0.3, 0.4) is 0 Å². The van der Waals surface area contributed by atoms with Crippen molar-refractivity contribution in [3.8, 4) is 0 Å². The van der Waals surface area contributed by atoms with Crippen molar-refractivity contribution in [2.45, 2.75) is 38.6 Å². The van der Waals surface area contributed by atoms with E-state index in [-0.39, 0.29) is 23.8 Å². The third-order valence-corrected chi connectivity index (χ3v) is 4.76. The molecule has 1 N–H and O–H groups in total. The van der Waals surface area contributed by atoms with E-state index in [2.05, 4.69) is 5.32 Å². The summed E-state index contributed by atoms with van der Waals surface area (Å²) in [6.07, 6.45) is 3.67. The summed E-state index contributed by atoms with van der Waals surface area (Å²) in [6, 6.07) is 10.0. The second-order valence-corrected chi connectivity index (χ2v) is 6.51. The predicted molar refractivity (Wildman–Crippen MR) is 85.0 cm³/mol. The molecule has 1 atom stereocenters. The molecule has 2 aliphatic rings. The minimum atomic E-state index is 0.0276. The quantitative estimate of drug-likeness (QED) is 0.929. The highest BCUT2D eigenvalue weighted by Crippen LogP contribution is 2.32. The van der Waals surface area contributed by atoms with Gasteiger partial charge >= 0.3 is 0 Å². The Morgan fingerprint density at radius 3 is 2.27 bits per heavy atom. The molecule has 0 spiro atoms. The first-order valence-electron chi connectivity index (χ1n) is 8.29. The van der Waals surface area contributed by atoms with Gasteiger partial charge in [0.2, 0.25) is 11.8 Å². The summed E-state index contributed by atoms with van der Waals surface area (Å²) in [4.78, 5) is 26.4. The number of piperidine rings is 1. The summed E-state index contributed by atoms with van der Waals surface area (Å²) < 4.78 is 0. The lowest BCUT2D eigenvalue weighted by Crippen LogP contribution is -2.43. The van der Waals surface area contributed by atoms with Crippen LogP contribution in [0.15, 0.2) is 30.3 Å². The lowest BCUT2D eigenvalue weighted by atomic mass is 9.95. The Morgan fingerprint density at radius 1 is 1.05 bits per heavy atom. The molecule has 1 saturated heterocycles. The van der Waals surface area contributed by atoms with Crippen molar-refractivity contribution in [1.82, 2.24) is 10.2 Å². The molecule has 1 aromatic carbocycles. The molecule has 0 bridgehead atoms. The number of amides is 2. The molecular weight excluding hydrogens is 276 g/mol. The van der Waals surface area contributed by atoms with E-state index in [1.54, 1.807) is 0 Å². The van der Waals surface area contributed by atoms with E-state index in [1.807, 2.05) is 42.2 Å². The summed E-state index contributed by atoms with van der Waals surface area (Å²) in [5, 5.41) is 3.10. The fourth-order valence-electron chi connectivity index (χ4n) is 3.11. The molecule has 1 aliphatic carbocycles. The number of hydrogen-bond acceptors (Lipinski definition) is 2. The summed E-state index contributed by atoms with van der Waals surface area (Å²) >= 11 is 0. The van der Waals surface area contributed by atoms with Crippen molar-refractivity contribution in [2.75, 3.05) is 13.1 Å². The average molecular weight is 300 g/mol. The van der Waals surface area contributed by atoms with Crippen molar-refractivity contribution in [3.05, 3.63) is 35.9 Å². The fraction of sp³-hybridized carbons (Fsp3) is 0.556. The van der Waals surface area contributed by atoms with E-state index < -0.39 is 0 Å². The molecule has 3 rings (SSSR count). The fourth-order valence-corrected chi connectivity index (χ4v) is 3.11. The Morgan fingerprint density at radius 2 is 1.68 bits per heavy atom. The maximum atomic E-state index is 12.4. The van der Waals surface area contributed by atoms with Crippen LogP contribution in [0, 0.1) is 11.8 Å². The molecular formula is C18H24N2O2. The maximum absolute atomic E-state index is 12.4. The summed E-state index contributed by atoms with van der Waals surface area (Å²) in [5.41, 5.74) is 1.12. The highest BCUT2D eigenvalue weighted by Gasteiger charge is 2.36. The monoisotopic (exact) mass is 300 g/mol. The average Bonchev–Trinajstić information content (AvgIpc) is 3.40. The largest absolute Gasteiger partial charge is 0.349 e. The molecule has 2 amide bonds. The molecule has 4 heteroatoms. The molecule has 2 fully saturated rings. The van der Waals surface area contributed by atoms with Gasteiger partial charge in [-0.25, -0.2) is 0 Å². The van der Waals surface area contributed by atoms with E-state index >= 15 is 0 Å². The molecule has 1 unspecified atom stereocenters. The predicted octanol–water partition coefficient (Wildman–Crippen LogP) is 2.51. The normalized spacial score (nSPS) is 20.5. The zero-order valence-corrected chi connectivity index (χ0v) is 13.1. The molecule has 22 heavy (non-hydrogen) atoms. The molecule has 1 heterocycles. The van der Waals surface area contributed by atoms with Gasteiger partial charge in [-0.15, -0.1) is 0 Å². The number of carbonyl (C=O) groups is 2. The van der Waals surface area contributed by atoms with E-state index in [1.165, 1.54) is 0 Å². The Labute approximate surface area is 131 Å². The maximum Gasteiger partial charge on any atom is 0.225 e. The lowest BCUT2D eigenvalue weighted by molar-refractivity contribution is -0.136.